The summed E-state index contributed by atoms with van der Waals surface area (Å²) in [4.78, 5) is 16.5. The van der Waals surface area contributed by atoms with Crippen molar-refractivity contribution in [2.45, 2.75) is 97.9 Å². The maximum atomic E-state index is 11.6. The lowest BCUT2D eigenvalue weighted by Gasteiger charge is -2.10. The van der Waals surface area contributed by atoms with Crippen LogP contribution in [0, 0.1) is 5.92 Å². The van der Waals surface area contributed by atoms with E-state index in [0.29, 0.717) is 0 Å². The van der Waals surface area contributed by atoms with Gasteiger partial charge >= 0.3 is 0 Å². The highest BCUT2D eigenvalue weighted by Gasteiger charge is 2.10. The molecular formula is C25H41N3O. The van der Waals surface area contributed by atoms with Crippen LogP contribution in [0.15, 0.2) is 24.3 Å². The van der Waals surface area contributed by atoms with Crippen LogP contribution in [0.25, 0.3) is 11.0 Å². The molecule has 29 heavy (non-hydrogen) atoms. The average Bonchev–Trinajstić information content (AvgIpc) is 3.07. The van der Waals surface area contributed by atoms with Gasteiger partial charge < -0.3 is 9.88 Å². The molecule has 0 aliphatic rings. The molecule has 0 aliphatic heterocycles. The number of nitrogens with zero attached hydrogens (tertiary/aromatic N) is 2. The number of benzene rings is 1. The largest absolute Gasteiger partial charge is 0.356 e. The first-order valence-electron chi connectivity index (χ1n) is 11.8. The van der Waals surface area contributed by atoms with Crippen LogP contribution >= 0.6 is 0 Å². The van der Waals surface area contributed by atoms with E-state index in [1.54, 1.807) is 0 Å². The summed E-state index contributed by atoms with van der Waals surface area (Å²) in [6, 6.07) is 8.52. The first-order valence-corrected chi connectivity index (χ1v) is 11.8. The highest BCUT2D eigenvalue weighted by atomic mass is 16.1. The Kier molecular flexibility index (Phi) is 10.8. The van der Waals surface area contributed by atoms with Gasteiger partial charge in [-0.1, -0.05) is 77.8 Å². The normalized spacial score (nSPS) is 11.4. The van der Waals surface area contributed by atoms with Gasteiger partial charge in [-0.25, -0.2) is 4.98 Å². The maximum absolute atomic E-state index is 11.6. The minimum Gasteiger partial charge on any atom is -0.356 e. The summed E-state index contributed by atoms with van der Waals surface area (Å²) in [5.41, 5.74) is 2.40. The number of carbonyl (C=O) groups excluding carboxylic acids is 1. The van der Waals surface area contributed by atoms with Crippen LogP contribution in [-0.4, -0.2) is 22.0 Å². The van der Waals surface area contributed by atoms with E-state index in [4.69, 9.17) is 4.98 Å². The Balaban J connectivity index is 1.78. The third-order valence-corrected chi connectivity index (χ3v) is 5.62. The standard InChI is InChI=1S/C25H41N3O/c1-4-5-6-7-8-9-15-20-28-23-17-13-12-16-22(23)27-24(28)18-11-10-14-19-26-25(29)21(2)3/h12-13,16-17,21H,4-11,14-15,18-20H2,1-3H3,(H,26,29). The van der Waals surface area contributed by atoms with Crippen molar-refractivity contribution in [2.75, 3.05) is 6.54 Å². The van der Waals surface area contributed by atoms with Crippen molar-refractivity contribution < 1.29 is 4.79 Å². The van der Waals surface area contributed by atoms with Crippen molar-refractivity contribution >= 4 is 16.9 Å². The molecule has 0 fully saturated rings. The molecule has 0 aliphatic carbocycles. The Morgan fingerprint density at radius 2 is 1.66 bits per heavy atom. The van der Waals surface area contributed by atoms with Crippen molar-refractivity contribution in [1.29, 1.82) is 0 Å². The number of imidazole rings is 1. The van der Waals surface area contributed by atoms with E-state index in [1.807, 2.05) is 13.8 Å². The fourth-order valence-corrected chi connectivity index (χ4v) is 3.79. The van der Waals surface area contributed by atoms with E-state index in [0.717, 1.165) is 44.3 Å². The lowest BCUT2D eigenvalue weighted by molar-refractivity contribution is -0.123. The van der Waals surface area contributed by atoms with Gasteiger partial charge in [0.1, 0.15) is 5.82 Å². The molecule has 4 nitrogen and oxygen atoms in total. The number of fused-ring (bicyclic) bond motifs is 1. The van der Waals surface area contributed by atoms with Crippen LogP contribution in [0.4, 0.5) is 0 Å². The molecule has 1 amide bonds. The molecule has 1 aromatic carbocycles. The molecule has 0 atom stereocenters. The Hall–Kier alpha value is -1.84. The van der Waals surface area contributed by atoms with Crippen molar-refractivity contribution in [3.63, 3.8) is 0 Å². The Labute approximate surface area is 177 Å². The number of carbonyl (C=O) groups is 1. The quantitative estimate of drug-likeness (QED) is 0.359. The number of aromatic nitrogens is 2. The van der Waals surface area contributed by atoms with Gasteiger partial charge in [0.15, 0.2) is 0 Å². The zero-order valence-corrected chi connectivity index (χ0v) is 18.9. The van der Waals surface area contributed by atoms with E-state index in [1.165, 1.54) is 56.3 Å². The van der Waals surface area contributed by atoms with Crippen molar-refractivity contribution in [1.82, 2.24) is 14.9 Å². The second kappa shape index (κ2) is 13.4. The van der Waals surface area contributed by atoms with Crippen molar-refractivity contribution in [3.05, 3.63) is 30.1 Å². The molecule has 0 saturated heterocycles. The van der Waals surface area contributed by atoms with Gasteiger partial charge in [-0.05, 0) is 31.4 Å². The molecule has 0 spiro atoms. The first kappa shape index (κ1) is 23.4. The molecule has 2 aromatic rings. The average molecular weight is 400 g/mol. The lowest BCUT2D eigenvalue weighted by Crippen LogP contribution is -2.28. The predicted molar refractivity (Wildman–Crippen MR) is 123 cm³/mol. The number of aryl methyl sites for hydroxylation is 2. The molecule has 162 valence electrons. The summed E-state index contributed by atoms with van der Waals surface area (Å²) in [6.07, 6.45) is 13.6. The monoisotopic (exact) mass is 399 g/mol. The van der Waals surface area contributed by atoms with E-state index in [9.17, 15) is 4.79 Å². The number of amides is 1. The molecule has 1 N–H and O–H groups in total. The molecule has 1 aromatic heterocycles. The second-order valence-electron chi connectivity index (χ2n) is 8.55. The van der Waals surface area contributed by atoms with E-state index >= 15 is 0 Å². The highest BCUT2D eigenvalue weighted by Crippen LogP contribution is 2.19. The van der Waals surface area contributed by atoms with Crippen LogP contribution in [0.3, 0.4) is 0 Å². The van der Waals surface area contributed by atoms with Gasteiger partial charge in [0.25, 0.3) is 0 Å². The molecule has 4 heteroatoms. The summed E-state index contributed by atoms with van der Waals surface area (Å²) < 4.78 is 2.45. The molecule has 0 saturated carbocycles. The number of unbranched alkanes of at least 4 members (excludes halogenated alkanes) is 8. The van der Waals surface area contributed by atoms with Gasteiger partial charge in [0.2, 0.25) is 5.91 Å². The topological polar surface area (TPSA) is 46.9 Å². The molecule has 1 heterocycles. The van der Waals surface area contributed by atoms with Gasteiger partial charge in [-0.2, -0.15) is 0 Å². The Bertz CT molecular complexity index is 720. The van der Waals surface area contributed by atoms with Gasteiger partial charge in [0.05, 0.1) is 11.0 Å². The highest BCUT2D eigenvalue weighted by molar-refractivity contribution is 5.77. The predicted octanol–water partition coefficient (Wildman–Crippen LogP) is 6.27. The zero-order chi connectivity index (χ0) is 20.9. The van der Waals surface area contributed by atoms with Crippen molar-refractivity contribution in [2.24, 2.45) is 5.92 Å². The summed E-state index contributed by atoms with van der Waals surface area (Å²) >= 11 is 0. The number of nitrogens with one attached hydrogen (secondary N) is 1. The molecule has 0 unspecified atom stereocenters. The zero-order valence-electron chi connectivity index (χ0n) is 18.9. The van der Waals surface area contributed by atoms with Crippen LogP contribution < -0.4 is 5.32 Å². The van der Waals surface area contributed by atoms with Gasteiger partial charge in [0, 0.05) is 25.4 Å². The van der Waals surface area contributed by atoms with E-state index < -0.39 is 0 Å². The van der Waals surface area contributed by atoms with Crippen molar-refractivity contribution in [3.8, 4) is 0 Å². The Morgan fingerprint density at radius 3 is 2.41 bits per heavy atom. The molecule has 2 rings (SSSR count). The third-order valence-electron chi connectivity index (χ3n) is 5.62. The summed E-state index contributed by atoms with van der Waals surface area (Å²) in [5, 5.41) is 3.01. The van der Waals surface area contributed by atoms with Crippen LogP contribution in [-0.2, 0) is 17.8 Å². The van der Waals surface area contributed by atoms with Crippen LogP contribution in [0.2, 0.25) is 0 Å². The van der Waals surface area contributed by atoms with Crippen LogP contribution in [0.1, 0.15) is 90.8 Å². The summed E-state index contributed by atoms with van der Waals surface area (Å²) in [6.45, 7) is 8.00. The number of hydrogen-bond donors (Lipinski definition) is 1. The fraction of sp³-hybridized carbons (Fsp3) is 0.680. The van der Waals surface area contributed by atoms with Gasteiger partial charge in [-0.3, -0.25) is 4.79 Å². The summed E-state index contributed by atoms with van der Waals surface area (Å²) in [7, 11) is 0. The second-order valence-corrected chi connectivity index (χ2v) is 8.55. The van der Waals surface area contributed by atoms with Gasteiger partial charge in [-0.15, -0.1) is 0 Å². The maximum Gasteiger partial charge on any atom is 0.222 e. The molecule has 0 radical (unpaired) electrons. The number of para-hydroxylation sites is 2. The molecule has 0 bridgehead atoms. The summed E-state index contributed by atoms with van der Waals surface area (Å²) in [5.74, 6) is 1.45. The van der Waals surface area contributed by atoms with E-state index in [-0.39, 0.29) is 11.8 Å². The lowest BCUT2D eigenvalue weighted by atomic mass is 10.1. The number of hydrogen-bond acceptors (Lipinski definition) is 2. The van der Waals surface area contributed by atoms with E-state index in [2.05, 4.69) is 41.1 Å². The fourth-order valence-electron chi connectivity index (χ4n) is 3.79. The molecular weight excluding hydrogens is 358 g/mol. The Morgan fingerprint density at radius 1 is 0.966 bits per heavy atom. The third kappa shape index (κ3) is 8.20. The minimum absolute atomic E-state index is 0.0709. The van der Waals surface area contributed by atoms with Crippen LogP contribution in [0.5, 0.6) is 0 Å². The minimum atomic E-state index is 0.0709. The smallest absolute Gasteiger partial charge is 0.222 e. The number of rotatable bonds is 15. The first-order chi connectivity index (χ1) is 14.1. The SMILES string of the molecule is CCCCCCCCCn1c(CCCCCNC(=O)C(C)C)nc2ccccc21.